The maximum atomic E-state index is 13.0. The van der Waals surface area contributed by atoms with E-state index in [2.05, 4.69) is 0 Å². The van der Waals surface area contributed by atoms with Crippen LogP contribution < -0.4 is 10.5 Å². The summed E-state index contributed by atoms with van der Waals surface area (Å²) in [5, 5.41) is 0. The van der Waals surface area contributed by atoms with Crippen LogP contribution in [0.25, 0.3) is 0 Å². The third kappa shape index (κ3) is 6.88. The van der Waals surface area contributed by atoms with E-state index in [1.807, 2.05) is 0 Å². The van der Waals surface area contributed by atoms with Gasteiger partial charge in [-0.1, -0.05) is 31.4 Å². The summed E-state index contributed by atoms with van der Waals surface area (Å²) >= 11 is 0. The first-order valence-corrected chi connectivity index (χ1v) is 10.7. The number of benzene rings is 2. The molecule has 1 aliphatic carbocycles. The van der Waals surface area contributed by atoms with E-state index >= 15 is 0 Å². The third-order valence-electron chi connectivity index (χ3n) is 5.99. The van der Waals surface area contributed by atoms with E-state index in [0.717, 1.165) is 37.7 Å². The molecule has 0 spiro atoms. The highest BCUT2D eigenvalue weighted by Crippen LogP contribution is 2.37. The number of carbonyl (C=O) groups is 1. The van der Waals surface area contributed by atoms with Crippen molar-refractivity contribution >= 4 is 5.91 Å². The van der Waals surface area contributed by atoms with Crippen molar-refractivity contribution in [3.63, 3.8) is 0 Å². The summed E-state index contributed by atoms with van der Waals surface area (Å²) in [6, 6.07) is 8.02. The first-order chi connectivity index (χ1) is 15.4. The Morgan fingerprint density at radius 2 is 1.52 bits per heavy atom. The summed E-state index contributed by atoms with van der Waals surface area (Å²) in [4.78, 5) is 12.0. The largest absolute Gasteiger partial charge is 0.489 e. The summed E-state index contributed by atoms with van der Waals surface area (Å²) < 4.78 is 83.8. The van der Waals surface area contributed by atoms with Crippen LogP contribution in [0.2, 0.25) is 0 Å². The third-order valence-corrected chi connectivity index (χ3v) is 5.99. The lowest BCUT2D eigenvalue weighted by atomic mass is 9.77. The molecule has 3 rings (SSSR count). The average molecular weight is 473 g/mol. The highest BCUT2D eigenvalue weighted by Gasteiger charge is 2.37. The molecule has 9 heteroatoms. The maximum absolute atomic E-state index is 13.0. The molecule has 180 valence electrons. The van der Waals surface area contributed by atoms with Gasteiger partial charge in [-0.15, -0.1) is 0 Å². The molecule has 1 saturated carbocycles. The van der Waals surface area contributed by atoms with Crippen LogP contribution in [0.4, 0.5) is 26.3 Å². The van der Waals surface area contributed by atoms with Gasteiger partial charge in [-0.05, 0) is 66.6 Å². The van der Waals surface area contributed by atoms with Crippen LogP contribution in [-0.4, -0.2) is 5.91 Å². The maximum Gasteiger partial charge on any atom is 0.416 e. The molecule has 0 aromatic heterocycles. The summed E-state index contributed by atoms with van der Waals surface area (Å²) in [7, 11) is 0. The molecule has 1 atom stereocenters. The second-order valence-electron chi connectivity index (χ2n) is 8.46. The molecular weight excluding hydrogens is 448 g/mol. The quantitative estimate of drug-likeness (QED) is 0.465. The predicted octanol–water partition coefficient (Wildman–Crippen LogP) is 6.53. The molecule has 0 aliphatic heterocycles. The van der Waals surface area contributed by atoms with E-state index < -0.39 is 30.1 Å². The number of rotatable bonds is 7. The fourth-order valence-electron chi connectivity index (χ4n) is 4.32. The number of hydrogen-bond donors (Lipinski definition) is 1. The van der Waals surface area contributed by atoms with E-state index in [1.54, 1.807) is 24.3 Å². The predicted molar refractivity (Wildman–Crippen MR) is 110 cm³/mol. The Morgan fingerprint density at radius 1 is 0.909 bits per heavy atom. The smallest absolute Gasteiger partial charge is 0.416 e. The van der Waals surface area contributed by atoms with Crippen LogP contribution in [0.5, 0.6) is 5.75 Å². The molecule has 0 bridgehead atoms. The Kier molecular flexibility index (Phi) is 7.59. The molecule has 33 heavy (non-hydrogen) atoms. The molecule has 1 aliphatic rings. The summed E-state index contributed by atoms with van der Waals surface area (Å²) in [6.07, 6.45) is -4.34. The summed E-state index contributed by atoms with van der Waals surface area (Å²) in [6.45, 7) is -0.474. The van der Waals surface area contributed by atoms with Gasteiger partial charge in [0.25, 0.3) is 0 Å². The number of hydrogen-bond acceptors (Lipinski definition) is 2. The van der Waals surface area contributed by atoms with E-state index in [-0.39, 0.29) is 35.1 Å². The van der Waals surface area contributed by atoms with Crippen molar-refractivity contribution in [3.05, 3.63) is 64.7 Å². The lowest BCUT2D eigenvalue weighted by Crippen LogP contribution is -2.32. The molecule has 2 aromatic carbocycles. The lowest BCUT2D eigenvalue weighted by Gasteiger charge is -2.28. The standard InChI is InChI=1S/C24H25F6NO2/c25-23(26,27)18-9-16(10-19(13-18)24(28,29)30)14-33-20-8-4-5-15(11-20)12-21(22(31)32)17-6-2-1-3-7-17/h4-5,8-11,13,17,21H,1-3,6-7,12,14H2,(H2,31,32). The van der Waals surface area contributed by atoms with Gasteiger partial charge in [0.05, 0.1) is 11.1 Å². The first kappa shape index (κ1) is 24.9. The number of amides is 1. The van der Waals surface area contributed by atoms with Crippen LogP contribution in [0.3, 0.4) is 0 Å². The minimum Gasteiger partial charge on any atom is -0.489 e. The zero-order chi connectivity index (χ0) is 24.2. The Hall–Kier alpha value is -2.71. The van der Waals surface area contributed by atoms with Crippen molar-refractivity contribution in [3.8, 4) is 5.75 Å². The topological polar surface area (TPSA) is 52.3 Å². The van der Waals surface area contributed by atoms with Gasteiger partial charge in [0.1, 0.15) is 12.4 Å². The molecule has 3 nitrogen and oxygen atoms in total. The second kappa shape index (κ2) is 10.1. The molecule has 0 radical (unpaired) electrons. The fourth-order valence-corrected chi connectivity index (χ4v) is 4.32. The van der Waals surface area contributed by atoms with Crippen LogP contribution in [0.15, 0.2) is 42.5 Å². The number of halogens is 6. The molecular formula is C24H25F6NO2. The zero-order valence-electron chi connectivity index (χ0n) is 17.8. The Bertz CT molecular complexity index is 932. The fraction of sp³-hybridized carbons (Fsp3) is 0.458. The SMILES string of the molecule is NC(=O)C(Cc1cccc(OCc2cc(C(F)(F)F)cc(C(F)(F)F)c2)c1)C1CCCCC1. The first-order valence-electron chi connectivity index (χ1n) is 10.7. The van der Waals surface area contributed by atoms with Crippen LogP contribution in [0.1, 0.15) is 54.4 Å². The highest BCUT2D eigenvalue weighted by molar-refractivity contribution is 5.77. The highest BCUT2D eigenvalue weighted by atomic mass is 19.4. The van der Waals surface area contributed by atoms with Crippen molar-refractivity contribution in [1.29, 1.82) is 0 Å². The summed E-state index contributed by atoms with van der Waals surface area (Å²) in [5.41, 5.74) is 3.37. The number of alkyl halides is 6. The van der Waals surface area contributed by atoms with Gasteiger partial charge < -0.3 is 10.5 Å². The van der Waals surface area contributed by atoms with Crippen molar-refractivity contribution in [2.24, 2.45) is 17.6 Å². The van der Waals surface area contributed by atoms with Crippen molar-refractivity contribution in [1.82, 2.24) is 0 Å². The lowest BCUT2D eigenvalue weighted by molar-refractivity contribution is -0.143. The molecule has 0 heterocycles. The monoisotopic (exact) mass is 473 g/mol. The van der Waals surface area contributed by atoms with Crippen LogP contribution in [-0.2, 0) is 30.2 Å². The van der Waals surface area contributed by atoms with Gasteiger partial charge in [0.2, 0.25) is 5.91 Å². The number of carbonyl (C=O) groups excluding carboxylic acids is 1. The second-order valence-corrected chi connectivity index (χ2v) is 8.46. The Balaban J connectivity index is 1.75. The van der Waals surface area contributed by atoms with Gasteiger partial charge in [0, 0.05) is 5.92 Å². The zero-order valence-corrected chi connectivity index (χ0v) is 17.8. The van der Waals surface area contributed by atoms with Crippen molar-refractivity contribution in [2.75, 3.05) is 0 Å². The minimum atomic E-state index is -4.92. The van der Waals surface area contributed by atoms with Gasteiger partial charge in [0.15, 0.2) is 0 Å². The molecule has 2 aromatic rings. The van der Waals surface area contributed by atoms with Gasteiger partial charge >= 0.3 is 12.4 Å². The normalized spacial score (nSPS) is 16.4. The van der Waals surface area contributed by atoms with E-state index in [9.17, 15) is 31.1 Å². The molecule has 2 N–H and O–H groups in total. The van der Waals surface area contributed by atoms with E-state index in [4.69, 9.17) is 10.5 Å². The van der Waals surface area contributed by atoms with E-state index in [1.165, 1.54) is 0 Å². The average Bonchev–Trinajstić information content (AvgIpc) is 2.75. The molecule has 1 unspecified atom stereocenters. The van der Waals surface area contributed by atoms with Gasteiger partial charge in [-0.2, -0.15) is 26.3 Å². The molecule has 1 amide bonds. The number of nitrogens with two attached hydrogens (primary N) is 1. The van der Waals surface area contributed by atoms with E-state index in [0.29, 0.717) is 18.6 Å². The number of primary amides is 1. The Labute approximate surface area is 187 Å². The molecule has 0 saturated heterocycles. The number of ether oxygens (including phenoxy) is 1. The van der Waals surface area contributed by atoms with Crippen LogP contribution >= 0.6 is 0 Å². The van der Waals surface area contributed by atoms with Crippen molar-refractivity contribution < 1.29 is 35.9 Å². The van der Waals surface area contributed by atoms with Gasteiger partial charge in [-0.25, -0.2) is 0 Å². The molecule has 1 fully saturated rings. The van der Waals surface area contributed by atoms with Crippen LogP contribution in [0, 0.1) is 11.8 Å². The van der Waals surface area contributed by atoms with Gasteiger partial charge in [-0.3, -0.25) is 4.79 Å². The summed E-state index contributed by atoms with van der Waals surface area (Å²) in [5.74, 6) is -0.229. The minimum absolute atomic E-state index is 0.0827. The van der Waals surface area contributed by atoms with Crippen molar-refractivity contribution in [2.45, 2.75) is 57.5 Å². The Morgan fingerprint density at radius 3 is 2.06 bits per heavy atom.